The number of hydrogen-bond acceptors (Lipinski definition) is 5. The van der Waals surface area contributed by atoms with Gasteiger partial charge in [-0.3, -0.25) is 0 Å². The third kappa shape index (κ3) is 2.63. The number of sulfonamides is 1. The van der Waals surface area contributed by atoms with Gasteiger partial charge in [0.1, 0.15) is 10.6 Å². The Morgan fingerprint density at radius 1 is 1.40 bits per heavy atom. The van der Waals surface area contributed by atoms with E-state index in [1.54, 1.807) is 6.07 Å². The summed E-state index contributed by atoms with van der Waals surface area (Å²) in [6.45, 7) is 0.953. The quantitative estimate of drug-likeness (QED) is 0.893. The molecule has 0 amide bonds. The number of primary sulfonamides is 1. The van der Waals surface area contributed by atoms with Crippen LogP contribution in [-0.4, -0.2) is 28.7 Å². The highest BCUT2D eigenvalue weighted by Crippen LogP contribution is 2.37. The van der Waals surface area contributed by atoms with E-state index in [-0.39, 0.29) is 10.6 Å². The van der Waals surface area contributed by atoms with Crippen molar-refractivity contribution in [1.29, 1.82) is 5.26 Å². The molecule has 0 radical (unpaired) electrons. The molecule has 0 bridgehead atoms. The van der Waals surface area contributed by atoms with Crippen molar-refractivity contribution in [2.24, 2.45) is 5.14 Å². The molecule has 1 aromatic carbocycles. The first-order chi connectivity index (χ1) is 9.43. The first kappa shape index (κ1) is 14.8. The molecule has 1 saturated heterocycles. The summed E-state index contributed by atoms with van der Waals surface area (Å²) in [6.07, 6.45) is 1.06. The van der Waals surface area contributed by atoms with Crippen LogP contribution in [0.2, 0.25) is 0 Å². The molecule has 0 saturated carbocycles. The van der Waals surface area contributed by atoms with Crippen LogP contribution in [0.3, 0.4) is 0 Å². The van der Waals surface area contributed by atoms with Crippen molar-refractivity contribution in [3.05, 3.63) is 23.8 Å². The summed E-state index contributed by atoms with van der Waals surface area (Å²) in [5, 5.41) is 14.7. The Bertz CT molecular complexity index is 643. The molecule has 1 aliphatic rings. The molecule has 0 atom stereocenters. The van der Waals surface area contributed by atoms with E-state index in [0.717, 1.165) is 0 Å². The van der Waals surface area contributed by atoms with Gasteiger partial charge in [-0.2, -0.15) is 5.26 Å². The predicted molar refractivity (Wildman–Crippen MR) is 71.7 cm³/mol. The normalized spacial score (nSPS) is 18.2. The highest BCUT2D eigenvalue weighted by Gasteiger charge is 2.35. The van der Waals surface area contributed by atoms with Gasteiger partial charge in [-0.1, -0.05) is 6.07 Å². The van der Waals surface area contributed by atoms with E-state index in [9.17, 15) is 13.7 Å². The van der Waals surface area contributed by atoms with Gasteiger partial charge in [0, 0.05) is 13.2 Å². The monoisotopic (exact) mass is 296 g/mol. The first-order valence-corrected chi connectivity index (χ1v) is 7.68. The summed E-state index contributed by atoms with van der Waals surface area (Å²) in [5.41, 5.74) is -0.0997. The van der Waals surface area contributed by atoms with Gasteiger partial charge in [0.15, 0.2) is 0 Å². The third-order valence-corrected chi connectivity index (χ3v) is 4.52. The number of hydrogen-bond donors (Lipinski definition) is 1. The Balaban J connectivity index is 2.56. The molecule has 1 heterocycles. The van der Waals surface area contributed by atoms with Gasteiger partial charge in [0.05, 0.1) is 18.6 Å². The minimum Gasteiger partial charge on any atom is -0.495 e. The molecular formula is C13H16N2O4S. The molecule has 20 heavy (non-hydrogen) atoms. The van der Waals surface area contributed by atoms with Gasteiger partial charge in [-0.15, -0.1) is 0 Å². The first-order valence-electron chi connectivity index (χ1n) is 6.13. The summed E-state index contributed by atoms with van der Waals surface area (Å²) < 4.78 is 33.5. The van der Waals surface area contributed by atoms with Crippen LogP contribution < -0.4 is 9.88 Å². The molecule has 7 heteroatoms. The minimum atomic E-state index is -3.91. The van der Waals surface area contributed by atoms with Gasteiger partial charge in [-0.25, -0.2) is 13.6 Å². The topological polar surface area (TPSA) is 102 Å². The lowest BCUT2D eigenvalue weighted by Gasteiger charge is -2.31. The van der Waals surface area contributed by atoms with Crippen molar-refractivity contribution in [3.63, 3.8) is 0 Å². The van der Waals surface area contributed by atoms with E-state index in [2.05, 4.69) is 6.07 Å². The van der Waals surface area contributed by atoms with E-state index in [0.29, 0.717) is 31.6 Å². The van der Waals surface area contributed by atoms with E-state index < -0.39 is 15.4 Å². The lowest BCUT2D eigenvalue weighted by Crippen LogP contribution is -2.32. The predicted octanol–water partition coefficient (Wildman–Crippen LogP) is 0.914. The van der Waals surface area contributed by atoms with Crippen molar-refractivity contribution in [2.45, 2.75) is 23.2 Å². The van der Waals surface area contributed by atoms with Crippen LogP contribution in [0.25, 0.3) is 0 Å². The van der Waals surface area contributed by atoms with Gasteiger partial charge in [-0.05, 0) is 30.5 Å². The molecule has 1 fully saturated rings. The average Bonchev–Trinajstić information content (AvgIpc) is 2.46. The molecule has 6 nitrogen and oxygen atoms in total. The van der Waals surface area contributed by atoms with Crippen molar-refractivity contribution in [2.75, 3.05) is 20.3 Å². The smallest absolute Gasteiger partial charge is 0.241 e. The van der Waals surface area contributed by atoms with Crippen molar-refractivity contribution < 1.29 is 17.9 Å². The lowest BCUT2D eigenvalue weighted by molar-refractivity contribution is 0.0674. The highest BCUT2D eigenvalue weighted by molar-refractivity contribution is 7.89. The molecule has 0 aromatic heterocycles. The molecule has 1 aromatic rings. The van der Waals surface area contributed by atoms with E-state index in [4.69, 9.17) is 14.6 Å². The van der Waals surface area contributed by atoms with Crippen molar-refractivity contribution >= 4 is 10.0 Å². The van der Waals surface area contributed by atoms with Crippen LogP contribution in [0, 0.1) is 11.3 Å². The fourth-order valence-corrected chi connectivity index (χ4v) is 3.10. The van der Waals surface area contributed by atoms with E-state index in [1.165, 1.54) is 19.2 Å². The standard InChI is InChI=1S/C13H16N2O4S/c1-18-11-3-2-10(8-12(11)20(15,16)17)13(9-14)4-6-19-7-5-13/h2-3,8H,4-7H2,1H3,(H2,15,16,17). The molecular weight excluding hydrogens is 280 g/mol. The Hall–Kier alpha value is -1.62. The van der Waals surface area contributed by atoms with Crippen LogP contribution >= 0.6 is 0 Å². The van der Waals surface area contributed by atoms with Crippen LogP contribution in [0.1, 0.15) is 18.4 Å². The summed E-state index contributed by atoms with van der Waals surface area (Å²) >= 11 is 0. The van der Waals surface area contributed by atoms with Crippen LogP contribution in [0.5, 0.6) is 5.75 Å². The zero-order valence-corrected chi connectivity index (χ0v) is 11.9. The van der Waals surface area contributed by atoms with Gasteiger partial charge in [0.25, 0.3) is 0 Å². The number of methoxy groups -OCH3 is 1. The second kappa shape index (κ2) is 5.40. The fraction of sp³-hybridized carbons (Fsp3) is 0.462. The number of rotatable bonds is 3. The van der Waals surface area contributed by atoms with Crippen molar-refractivity contribution in [3.8, 4) is 11.8 Å². The van der Waals surface area contributed by atoms with Crippen LogP contribution in [0.15, 0.2) is 23.1 Å². The van der Waals surface area contributed by atoms with Gasteiger partial charge in [0.2, 0.25) is 10.0 Å². The maximum absolute atomic E-state index is 11.6. The summed E-state index contributed by atoms with van der Waals surface area (Å²) in [4.78, 5) is -0.0985. The molecule has 2 rings (SSSR count). The molecule has 0 spiro atoms. The minimum absolute atomic E-state index is 0.0985. The lowest BCUT2D eigenvalue weighted by atomic mass is 9.75. The zero-order chi connectivity index (χ0) is 14.8. The maximum atomic E-state index is 11.6. The zero-order valence-electron chi connectivity index (χ0n) is 11.1. The van der Waals surface area contributed by atoms with Gasteiger partial charge >= 0.3 is 0 Å². The molecule has 0 aliphatic carbocycles. The second-order valence-electron chi connectivity index (χ2n) is 4.72. The Labute approximate surface area is 118 Å². The van der Waals surface area contributed by atoms with Crippen molar-refractivity contribution in [1.82, 2.24) is 0 Å². The van der Waals surface area contributed by atoms with Crippen LogP contribution in [0.4, 0.5) is 0 Å². The number of nitrogens with zero attached hydrogens (tertiary/aromatic N) is 1. The fourth-order valence-electron chi connectivity index (χ4n) is 2.38. The molecule has 2 N–H and O–H groups in total. The SMILES string of the molecule is COc1ccc(C2(C#N)CCOCC2)cc1S(N)(=O)=O. The van der Waals surface area contributed by atoms with E-state index >= 15 is 0 Å². The number of nitrogens with two attached hydrogens (primary N) is 1. The number of ether oxygens (including phenoxy) is 2. The summed E-state index contributed by atoms with van der Waals surface area (Å²) in [5.74, 6) is 0.177. The Kier molecular flexibility index (Phi) is 3.99. The molecule has 1 aliphatic heterocycles. The van der Waals surface area contributed by atoms with Gasteiger partial charge < -0.3 is 9.47 Å². The number of benzene rings is 1. The van der Waals surface area contributed by atoms with E-state index in [1.807, 2.05) is 0 Å². The second-order valence-corrected chi connectivity index (χ2v) is 6.25. The molecule has 0 unspecified atom stereocenters. The number of nitriles is 1. The largest absolute Gasteiger partial charge is 0.495 e. The highest BCUT2D eigenvalue weighted by atomic mass is 32.2. The average molecular weight is 296 g/mol. The summed E-state index contributed by atoms with van der Waals surface area (Å²) in [6, 6.07) is 6.97. The summed E-state index contributed by atoms with van der Waals surface area (Å²) in [7, 11) is -2.53. The van der Waals surface area contributed by atoms with Crippen LogP contribution in [-0.2, 0) is 20.2 Å². The molecule has 108 valence electrons. The Morgan fingerprint density at radius 2 is 2.05 bits per heavy atom. The maximum Gasteiger partial charge on any atom is 0.241 e. The third-order valence-electron chi connectivity index (χ3n) is 3.58. The Morgan fingerprint density at radius 3 is 2.55 bits per heavy atom.